The average molecular weight is 234 g/mol. The molecule has 4 nitrogen and oxygen atoms in total. The molecule has 1 aliphatic rings. The highest BCUT2D eigenvalue weighted by atomic mass is 16.5. The molecule has 1 aliphatic carbocycles. The molecule has 0 saturated heterocycles. The third kappa shape index (κ3) is 3.06. The summed E-state index contributed by atoms with van der Waals surface area (Å²) in [6.45, 7) is -0.179. The van der Waals surface area contributed by atoms with Gasteiger partial charge in [0, 0.05) is 5.56 Å². The minimum Gasteiger partial charge on any atom is -0.497 e. The van der Waals surface area contributed by atoms with Crippen molar-refractivity contribution in [3.8, 4) is 5.75 Å². The largest absolute Gasteiger partial charge is 0.497 e. The maximum Gasteiger partial charge on any atom is 0.309 e. The van der Waals surface area contributed by atoms with Gasteiger partial charge in [0.25, 0.3) is 0 Å². The summed E-state index contributed by atoms with van der Waals surface area (Å²) in [5, 5.41) is 0. The highest BCUT2D eigenvalue weighted by Gasteiger charge is 2.31. The zero-order valence-corrected chi connectivity index (χ0v) is 9.64. The molecule has 90 valence electrons. The number of Topliss-reactive ketones (excluding diaryl/α,β-unsaturated/α-hetero) is 1. The van der Waals surface area contributed by atoms with E-state index in [2.05, 4.69) is 0 Å². The lowest BCUT2D eigenvalue weighted by atomic mass is 10.1. The number of esters is 1. The summed E-state index contributed by atoms with van der Waals surface area (Å²) in [6, 6.07) is 6.73. The molecular weight excluding hydrogens is 220 g/mol. The summed E-state index contributed by atoms with van der Waals surface area (Å²) < 4.78 is 9.91. The molecule has 17 heavy (non-hydrogen) atoms. The summed E-state index contributed by atoms with van der Waals surface area (Å²) in [5.74, 6) is 0.267. The van der Waals surface area contributed by atoms with Crippen molar-refractivity contribution in [2.75, 3.05) is 13.7 Å². The maximum absolute atomic E-state index is 11.7. The maximum atomic E-state index is 11.7. The lowest BCUT2D eigenvalue weighted by Gasteiger charge is -2.04. The zero-order chi connectivity index (χ0) is 12.3. The number of benzene rings is 1. The van der Waals surface area contributed by atoms with Crippen LogP contribution in [-0.2, 0) is 9.53 Å². The smallest absolute Gasteiger partial charge is 0.309 e. The van der Waals surface area contributed by atoms with Crippen LogP contribution in [0.15, 0.2) is 24.3 Å². The van der Waals surface area contributed by atoms with Crippen LogP contribution in [0.2, 0.25) is 0 Å². The number of methoxy groups -OCH3 is 1. The fourth-order valence-electron chi connectivity index (χ4n) is 1.43. The Morgan fingerprint density at radius 3 is 2.41 bits per heavy atom. The first-order chi connectivity index (χ1) is 8.20. The molecule has 0 aliphatic heterocycles. The molecule has 0 aromatic heterocycles. The normalized spacial score (nSPS) is 14.2. The Morgan fingerprint density at radius 2 is 1.88 bits per heavy atom. The van der Waals surface area contributed by atoms with Gasteiger partial charge in [-0.05, 0) is 37.1 Å². The van der Waals surface area contributed by atoms with E-state index < -0.39 is 0 Å². The third-order valence-corrected chi connectivity index (χ3v) is 2.67. The van der Waals surface area contributed by atoms with Gasteiger partial charge in [-0.25, -0.2) is 0 Å². The van der Waals surface area contributed by atoms with Gasteiger partial charge >= 0.3 is 5.97 Å². The highest BCUT2D eigenvalue weighted by Crippen LogP contribution is 2.30. The Bertz CT molecular complexity index is 418. The Balaban J connectivity index is 1.87. The van der Waals surface area contributed by atoms with Gasteiger partial charge in [-0.1, -0.05) is 0 Å². The van der Waals surface area contributed by atoms with Crippen LogP contribution in [0.5, 0.6) is 5.75 Å². The van der Waals surface area contributed by atoms with E-state index in [1.165, 1.54) is 0 Å². The minimum atomic E-state index is -0.258. The lowest BCUT2D eigenvalue weighted by Crippen LogP contribution is -2.15. The molecule has 0 spiro atoms. The first-order valence-electron chi connectivity index (χ1n) is 5.54. The summed E-state index contributed by atoms with van der Waals surface area (Å²) in [4.78, 5) is 22.9. The summed E-state index contributed by atoms with van der Waals surface area (Å²) in [6.07, 6.45) is 1.77. The number of rotatable bonds is 5. The van der Waals surface area contributed by atoms with E-state index in [1.807, 2.05) is 0 Å². The first-order valence-corrected chi connectivity index (χ1v) is 5.54. The Hall–Kier alpha value is -1.84. The monoisotopic (exact) mass is 234 g/mol. The summed E-state index contributed by atoms with van der Waals surface area (Å²) in [5.41, 5.74) is 0.523. The van der Waals surface area contributed by atoms with Crippen molar-refractivity contribution >= 4 is 11.8 Å². The van der Waals surface area contributed by atoms with Crippen molar-refractivity contribution in [2.45, 2.75) is 12.8 Å². The third-order valence-electron chi connectivity index (χ3n) is 2.67. The highest BCUT2D eigenvalue weighted by molar-refractivity contribution is 5.98. The van der Waals surface area contributed by atoms with E-state index in [4.69, 9.17) is 9.47 Å². The summed E-state index contributed by atoms with van der Waals surface area (Å²) >= 11 is 0. The van der Waals surface area contributed by atoms with E-state index in [1.54, 1.807) is 31.4 Å². The van der Waals surface area contributed by atoms with Crippen LogP contribution in [0.25, 0.3) is 0 Å². The zero-order valence-electron chi connectivity index (χ0n) is 9.64. The van der Waals surface area contributed by atoms with Crippen molar-refractivity contribution in [1.82, 2.24) is 0 Å². The predicted octanol–water partition coefficient (Wildman–Crippen LogP) is 1.83. The molecule has 0 radical (unpaired) electrons. The van der Waals surface area contributed by atoms with Crippen molar-refractivity contribution in [2.24, 2.45) is 5.92 Å². The fourth-order valence-corrected chi connectivity index (χ4v) is 1.43. The number of carbonyl (C=O) groups is 2. The van der Waals surface area contributed by atoms with Crippen molar-refractivity contribution in [3.05, 3.63) is 29.8 Å². The summed E-state index contributed by atoms with van der Waals surface area (Å²) in [7, 11) is 1.56. The number of hydrogen-bond donors (Lipinski definition) is 0. The standard InChI is InChI=1S/C13H14O4/c1-16-11-6-4-9(5-7-11)12(14)8-17-13(15)10-2-3-10/h4-7,10H,2-3,8H2,1H3. The fraction of sp³-hybridized carbons (Fsp3) is 0.385. The Labute approximate surface area is 99.5 Å². The molecule has 0 heterocycles. The van der Waals surface area contributed by atoms with Gasteiger partial charge < -0.3 is 9.47 Å². The average Bonchev–Trinajstić information content (AvgIpc) is 3.20. The Kier molecular flexibility index (Phi) is 3.42. The minimum absolute atomic E-state index is 0.0265. The molecule has 1 aromatic rings. The molecule has 4 heteroatoms. The number of carbonyl (C=O) groups excluding carboxylic acids is 2. The van der Waals surface area contributed by atoms with Crippen LogP contribution in [-0.4, -0.2) is 25.5 Å². The van der Waals surface area contributed by atoms with Gasteiger partial charge in [-0.3, -0.25) is 9.59 Å². The van der Waals surface area contributed by atoms with Gasteiger partial charge in [0.1, 0.15) is 5.75 Å². The van der Waals surface area contributed by atoms with Crippen LogP contribution in [0.1, 0.15) is 23.2 Å². The number of ether oxygens (including phenoxy) is 2. The second-order valence-electron chi connectivity index (χ2n) is 4.03. The van der Waals surface area contributed by atoms with Crippen molar-refractivity contribution in [1.29, 1.82) is 0 Å². The topological polar surface area (TPSA) is 52.6 Å². The van der Waals surface area contributed by atoms with Crippen LogP contribution >= 0.6 is 0 Å². The molecule has 1 saturated carbocycles. The molecule has 0 atom stereocenters. The van der Waals surface area contributed by atoms with Crippen molar-refractivity contribution < 1.29 is 19.1 Å². The van der Waals surface area contributed by atoms with Gasteiger partial charge in [0.15, 0.2) is 12.4 Å². The molecule has 0 N–H and O–H groups in total. The first kappa shape index (κ1) is 11.6. The molecule has 1 fully saturated rings. The molecular formula is C13H14O4. The predicted molar refractivity (Wildman–Crippen MR) is 61.0 cm³/mol. The van der Waals surface area contributed by atoms with Crippen molar-refractivity contribution in [3.63, 3.8) is 0 Å². The quantitative estimate of drug-likeness (QED) is 0.576. The molecule has 0 unspecified atom stereocenters. The van der Waals surface area contributed by atoms with E-state index >= 15 is 0 Å². The second-order valence-corrected chi connectivity index (χ2v) is 4.03. The molecule has 0 amide bonds. The molecule has 0 bridgehead atoms. The number of hydrogen-bond acceptors (Lipinski definition) is 4. The van der Waals surface area contributed by atoms with E-state index in [9.17, 15) is 9.59 Å². The van der Waals surface area contributed by atoms with E-state index in [0.29, 0.717) is 11.3 Å². The molecule has 2 rings (SSSR count). The van der Waals surface area contributed by atoms with Crippen LogP contribution in [0, 0.1) is 5.92 Å². The molecule has 1 aromatic carbocycles. The van der Waals surface area contributed by atoms with Gasteiger partial charge in [-0.15, -0.1) is 0 Å². The van der Waals surface area contributed by atoms with Gasteiger partial charge in [-0.2, -0.15) is 0 Å². The second kappa shape index (κ2) is 4.99. The van der Waals surface area contributed by atoms with Gasteiger partial charge in [0.2, 0.25) is 0 Å². The van der Waals surface area contributed by atoms with E-state index in [-0.39, 0.29) is 24.3 Å². The van der Waals surface area contributed by atoms with Crippen LogP contribution < -0.4 is 4.74 Å². The SMILES string of the molecule is COc1ccc(C(=O)COC(=O)C2CC2)cc1. The van der Waals surface area contributed by atoms with Gasteiger partial charge in [0.05, 0.1) is 13.0 Å². The Morgan fingerprint density at radius 1 is 1.24 bits per heavy atom. The van der Waals surface area contributed by atoms with Crippen LogP contribution in [0.3, 0.4) is 0 Å². The lowest BCUT2D eigenvalue weighted by molar-refractivity contribution is -0.144. The van der Waals surface area contributed by atoms with E-state index in [0.717, 1.165) is 12.8 Å². The van der Waals surface area contributed by atoms with Crippen LogP contribution in [0.4, 0.5) is 0 Å². The number of ketones is 1.